The number of hydrogen-bond donors (Lipinski definition) is 1. The van der Waals surface area contributed by atoms with Crippen LogP contribution in [0.5, 0.6) is 0 Å². The predicted octanol–water partition coefficient (Wildman–Crippen LogP) is 14.0. The molecule has 0 aliphatic rings. The molecule has 0 bridgehead atoms. The van der Waals surface area contributed by atoms with Gasteiger partial charge in [0.1, 0.15) is 6.61 Å². The standard InChI is InChI=1S/C47H82O5/c1-3-5-7-9-11-13-15-17-19-21-22-23-24-26-28-30-32-34-36-38-40-42-47(50)52-45(43-48)44-51-46(49)41-39-37-35-33-31-29-27-25-20-18-16-14-12-10-8-6-4-2/h18-21,23-24,28,30,34,36,45,48H,3-17,22,25-27,29,31-33,35,37-44H2,1-2H3/b20-18+,21-19+,24-23+,30-28+,36-34+/t45-/m0/s1. The average molecular weight is 727 g/mol. The molecule has 0 rings (SSSR count). The number of unbranched alkanes of at least 4 members (excludes halogenated alkanes) is 21. The minimum absolute atomic E-state index is 0.0914. The Morgan fingerprint density at radius 1 is 0.442 bits per heavy atom. The molecule has 0 aliphatic heterocycles. The fourth-order valence-electron chi connectivity index (χ4n) is 5.95. The monoisotopic (exact) mass is 727 g/mol. The molecule has 0 spiro atoms. The van der Waals surface area contributed by atoms with Gasteiger partial charge in [-0.25, -0.2) is 0 Å². The summed E-state index contributed by atoms with van der Waals surface area (Å²) in [6.45, 7) is 4.08. The highest BCUT2D eigenvalue weighted by atomic mass is 16.6. The summed E-state index contributed by atoms with van der Waals surface area (Å²) in [5.74, 6) is -0.661. The summed E-state index contributed by atoms with van der Waals surface area (Å²) in [5, 5.41) is 9.57. The van der Waals surface area contributed by atoms with Gasteiger partial charge in [0.05, 0.1) is 6.61 Å². The molecule has 5 heteroatoms. The summed E-state index contributed by atoms with van der Waals surface area (Å²) in [6, 6.07) is 0. The fraction of sp³-hybridized carbons (Fsp3) is 0.745. The summed E-state index contributed by atoms with van der Waals surface area (Å²) >= 11 is 0. The number of aliphatic hydroxyl groups excluding tert-OH is 1. The van der Waals surface area contributed by atoms with Crippen molar-refractivity contribution in [1.29, 1.82) is 0 Å². The Bertz CT molecular complexity index is 915. The van der Waals surface area contributed by atoms with Crippen molar-refractivity contribution in [3.8, 4) is 0 Å². The first-order valence-electron chi connectivity index (χ1n) is 21.8. The van der Waals surface area contributed by atoms with E-state index < -0.39 is 6.10 Å². The highest BCUT2D eigenvalue weighted by Crippen LogP contribution is 2.13. The van der Waals surface area contributed by atoms with Gasteiger partial charge < -0.3 is 14.6 Å². The molecule has 0 saturated carbocycles. The Morgan fingerprint density at radius 3 is 1.23 bits per heavy atom. The second-order valence-corrected chi connectivity index (χ2v) is 14.4. The van der Waals surface area contributed by atoms with E-state index in [0.29, 0.717) is 12.8 Å². The third-order valence-corrected chi connectivity index (χ3v) is 9.28. The molecule has 1 N–H and O–H groups in total. The average Bonchev–Trinajstić information content (AvgIpc) is 3.15. The highest BCUT2D eigenvalue weighted by molar-refractivity contribution is 5.70. The van der Waals surface area contributed by atoms with Gasteiger partial charge in [0.25, 0.3) is 0 Å². The molecule has 0 heterocycles. The van der Waals surface area contributed by atoms with Crippen LogP contribution in [0.4, 0.5) is 0 Å². The molecule has 0 aromatic heterocycles. The van der Waals surface area contributed by atoms with Gasteiger partial charge >= 0.3 is 11.9 Å². The zero-order chi connectivity index (χ0) is 37.8. The Balaban J connectivity index is 3.65. The molecular formula is C47H82O5. The normalized spacial score (nSPS) is 12.8. The van der Waals surface area contributed by atoms with Crippen LogP contribution in [0.3, 0.4) is 0 Å². The van der Waals surface area contributed by atoms with Crippen molar-refractivity contribution in [3.63, 3.8) is 0 Å². The van der Waals surface area contributed by atoms with Crippen molar-refractivity contribution >= 4 is 11.9 Å². The number of hydrogen-bond acceptors (Lipinski definition) is 5. The molecule has 0 saturated heterocycles. The van der Waals surface area contributed by atoms with Gasteiger partial charge in [-0.2, -0.15) is 0 Å². The number of esters is 2. The molecule has 0 aromatic rings. The van der Waals surface area contributed by atoms with Crippen molar-refractivity contribution < 1.29 is 24.2 Å². The lowest BCUT2D eigenvalue weighted by atomic mass is 10.1. The van der Waals surface area contributed by atoms with E-state index in [9.17, 15) is 14.7 Å². The number of rotatable bonds is 39. The van der Waals surface area contributed by atoms with Crippen LogP contribution in [0.2, 0.25) is 0 Å². The Labute approximate surface area is 321 Å². The Hall–Kier alpha value is -2.40. The van der Waals surface area contributed by atoms with E-state index in [1.54, 1.807) is 0 Å². The van der Waals surface area contributed by atoms with Crippen LogP contribution in [-0.2, 0) is 19.1 Å². The third kappa shape index (κ3) is 40.4. The number of allylic oxidation sites excluding steroid dienone is 10. The minimum Gasteiger partial charge on any atom is -0.462 e. The van der Waals surface area contributed by atoms with Crippen molar-refractivity contribution in [2.45, 2.75) is 213 Å². The summed E-state index contributed by atoms with van der Waals surface area (Å²) in [7, 11) is 0. The van der Waals surface area contributed by atoms with Gasteiger partial charge in [0.2, 0.25) is 0 Å². The maximum absolute atomic E-state index is 12.2. The van der Waals surface area contributed by atoms with Gasteiger partial charge in [0, 0.05) is 12.8 Å². The predicted molar refractivity (Wildman–Crippen MR) is 223 cm³/mol. The van der Waals surface area contributed by atoms with E-state index >= 15 is 0 Å². The SMILES string of the molecule is CCCCCCCC/C=C/CCCCCCCCCC(=O)OC[C@H](CO)OC(=O)CCC/C=C/C/C=C/C/C=C/C/C=C/CCCCCCCCC. The lowest BCUT2D eigenvalue weighted by Gasteiger charge is -2.15. The quantitative estimate of drug-likeness (QED) is 0.0388. The van der Waals surface area contributed by atoms with E-state index in [2.05, 4.69) is 74.6 Å². The Morgan fingerprint density at radius 2 is 0.788 bits per heavy atom. The van der Waals surface area contributed by atoms with E-state index in [1.807, 2.05) is 0 Å². The van der Waals surface area contributed by atoms with E-state index in [-0.39, 0.29) is 31.6 Å². The summed E-state index contributed by atoms with van der Waals surface area (Å²) in [4.78, 5) is 24.3. The second kappa shape index (κ2) is 43.0. The van der Waals surface area contributed by atoms with Crippen molar-refractivity contribution in [1.82, 2.24) is 0 Å². The fourth-order valence-corrected chi connectivity index (χ4v) is 5.95. The van der Waals surface area contributed by atoms with Crippen LogP contribution in [0, 0.1) is 0 Å². The van der Waals surface area contributed by atoms with Crippen molar-refractivity contribution in [2.75, 3.05) is 13.2 Å². The third-order valence-electron chi connectivity index (χ3n) is 9.28. The van der Waals surface area contributed by atoms with Crippen LogP contribution in [0.25, 0.3) is 0 Å². The van der Waals surface area contributed by atoms with Gasteiger partial charge in [-0.1, -0.05) is 177 Å². The molecule has 5 nitrogen and oxygen atoms in total. The zero-order valence-electron chi connectivity index (χ0n) is 34.1. The lowest BCUT2D eigenvalue weighted by molar-refractivity contribution is -0.161. The molecule has 1 atom stereocenters. The molecule has 0 unspecified atom stereocenters. The first kappa shape index (κ1) is 49.6. The van der Waals surface area contributed by atoms with Crippen LogP contribution >= 0.6 is 0 Å². The lowest BCUT2D eigenvalue weighted by Crippen LogP contribution is -2.28. The van der Waals surface area contributed by atoms with E-state index in [0.717, 1.165) is 44.9 Å². The highest BCUT2D eigenvalue weighted by Gasteiger charge is 2.16. The van der Waals surface area contributed by atoms with Crippen molar-refractivity contribution in [3.05, 3.63) is 60.8 Å². The molecule has 300 valence electrons. The molecule has 0 fully saturated rings. The number of carbonyl (C=O) groups is 2. The van der Waals surface area contributed by atoms with Gasteiger partial charge in [0.15, 0.2) is 6.10 Å². The minimum atomic E-state index is -0.803. The molecule has 52 heavy (non-hydrogen) atoms. The maximum Gasteiger partial charge on any atom is 0.306 e. The molecule has 0 radical (unpaired) electrons. The summed E-state index contributed by atoms with van der Waals surface area (Å²) in [6.07, 6.45) is 55.8. The van der Waals surface area contributed by atoms with Gasteiger partial charge in [-0.05, 0) is 77.0 Å². The summed E-state index contributed by atoms with van der Waals surface area (Å²) < 4.78 is 10.6. The molecule has 0 aromatic carbocycles. The van der Waals surface area contributed by atoms with Crippen LogP contribution in [0.1, 0.15) is 206 Å². The molecule has 0 amide bonds. The number of carbonyl (C=O) groups excluding carboxylic acids is 2. The van der Waals surface area contributed by atoms with E-state index in [1.165, 1.54) is 128 Å². The second-order valence-electron chi connectivity index (χ2n) is 14.4. The van der Waals surface area contributed by atoms with E-state index in [4.69, 9.17) is 9.47 Å². The zero-order valence-corrected chi connectivity index (χ0v) is 34.1. The molecular weight excluding hydrogens is 645 g/mol. The van der Waals surface area contributed by atoms with Crippen LogP contribution < -0.4 is 0 Å². The maximum atomic E-state index is 12.2. The van der Waals surface area contributed by atoms with Gasteiger partial charge in [-0.15, -0.1) is 0 Å². The largest absolute Gasteiger partial charge is 0.462 e. The molecule has 0 aliphatic carbocycles. The van der Waals surface area contributed by atoms with Crippen LogP contribution in [-0.4, -0.2) is 36.4 Å². The first-order chi connectivity index (χ1) is 25.6. The van der Waals surface area contributed by atoms with Crippen LogP contribution in [0.15, 0.2) is 60.8 Å². The Kier molecular flexibility index (Phi) is 41.0. The van der Waals surface area contributed by atoms with Crippen molar-refractivity contribution in [2.24, 2.45) is 0 Å². The smallest absolute Gasteiger partial charge is 0.306 e. The number of ether oxygens (including phenoxy) is 2. The number of aliphatic hydroxyl groups is 1. The first-order valence-corrected chi connectivity index (χ1v) is 21.8. The van der Waals surface area contributed by atoms with Gasteiger partial charge in [-0.3, -0.25) is 9.59 Å². The summed E-state index contributed by atoms with van der Waals surface area (Å²) in [5.41, 5.74) is 0. The topological polar surface area (TPSA) is 72.8 Å².